The first-order chi connectivity index (χ1) is 8.18. The van der Waals surface area contributed by atoms with Crippen LogP contribution in [-0.4, -0.2) is 34.8 Å². The van der Waals surface area contributed by atoms with Gasteiger partial charge in [0.15, 0.2) is 5.82 Å². The van der Waals surface area contributed by atoms with E-state index >= 15 is 0 Å². The van der Waals surface area contributed by atoms with Crippen molar-refractivity contribution < 1.29 is 13.7 Å². The molecule has 2 heterocycles. The fourth-order valence-electron chi connectivity index (χ4n) is 2.15. The summed E-state index contributed by atoms with van der Waals surface area (Å²) in [4.78, 5) is 13.5. The first-order valence-electron chi connectivity index (χ1n) is 5.80. The number of anilines is 1. The van der Waals surface area contributed by atoms with Gasteiger partial charge in [-0.3, -0.25) is 5.32 Å². The lowest BCUT2D eigenvalue weighted by atomic mass is 9.99. The van der Waals surface area contributed by atoms with Gasteiger partial charge in [0, 0.05) is 12.6 Å². The van der Waals surface area contributed by atoms with Gasteiger partial charge >= 0.3 is 6.03 Å². The van der Waals surface area contributed by atoms with Gasteiger partial charge in [0.1, 0.15) is 12.4 Å². The smallest absolute Gasteiger partial charge is 0.323 e. The lowest BCUT2D eigenvalue weighted by Gasteiger charge is -2.36. The Morgan fingerprint density at radius 3 is 3.18 bits per heavy atom. The molecular formula is C11H16FN3O2. The van der Waals surface area contributed by atoms with E-state index in [0.29, 0.717) is 18.8 Å². The maximum Gasteiger partial charge on any atom is 0.323 e. The van der Waals surface area contributed by atoms with E-state index in [1.807, 2.05) is 0 Å². The number of rotatable bonds is 2. The average Bonchev–Trinajstić information content (AvgIpc) is 2.81. The molecule has 1 fully saturated rings. The number of nitrogens with one attached hydrogen (secondary N) is 1. The standard InChI is InChI=1S/C11H16FN3O2/c1-8(12)9-4-2-3-6-15(9)11(16)13-10-5-7-17-14-10/h5,7-9H,2-4,6H2,1H3,(H,13,14,16). The first-order valence-corrected chi connectivity index (χ1v) is 5.80. The molecule has 0 aromatic carbocycles. The summed E-state index contributed by atoms with van der Waals surface area (Å²) in [6.07, 6.45) is 2.95. The molecule has 1 aromatic rings. The molecule has 2 rings (SSSR count). The maximum absolute atomic E-state index is 13.4. The summed E-state index contributed by atoms with van der Waals surface area (Å²) in [5.41, 5.74) is 0. The molecule has 0 saturated carbocycles. The second-order valence-electron chi connectivity index (χ2n) is 4.25. The Morgan fingerprint density at radius 2 is 2.53 bits per heavy atom. The molecule has 1 saturated heterocycles. The Labute approximate surface area is 98.9 Å². The minimum atomic E-state index is -1.02. The van der Waals surface area contributed by atoms with Crippen LogP contribution < -0.4 is 5.32 Å². The summed E-state index contributed by atoms with van der Waals surface area (Å²) in [5.74, 6) is 0.353. The van der Waals surface area contributed by atoms with Crippen LogP contribution in [-0.2, 0) is 0 Å². The zero-order valence-electron chi connectivity index (χ0n) is 9.73. The number of amides is 2. The molecule has 0 aliphatic carbocycles. The number of carbonyl (C=O) groups is 1. The van der Waals surface area contributed by atoms with Crippen molar-refractivity contribution in [3.8, 4) is 0 Å². The predicted molar refractivity (Wildman–Crippen MR) is 60.4 cm³/mol. The van der Waals surface area contributed by atoms with Gasteiger partial charge in [-0.2, -0.15) is 0 Å². The minimum Gasteiger partial charge on any atom is -0.363 e. The van der Waals surface area contributed by atoms with Gasteiger partial charge in [-0.1, -0.05) is 5.16 Å². The van der Waals surface area contributed by atoms with E-state index in [1.54, 1.807) is 11.0 Å². The van der Waals surface area contributed by atoms with Crippen molar-refractivity contribution in [2.45, 2.75) is 38.4 Å². The highest BCUT2D eigenvalue weighted by Crippen LogP contribution is 2.22. The van der Waals surface area contributed by atoms with Gasteiger partial charge in [0.05, 0.1) is 6.04 Å². The third-order valence-electron chi connectivity index (χ3n) is 3.01. The molecule has 1 N–H and O–H groups in total. The van der Waals surface area contributed by atoms with Crippen molar-refractivity contribution in [1.82, 2.24) is 10.1 Å². The summed E-state index contributed by atoms with van der Waals surface area (Å²) in [6, 6.07) is 0.902. The molecule has 2 amide bonds. The molecule has 17 heavy (non-hydrogen) atoms. The number of alkyl halides is 1. The average molecular weight is 241 g/mol. The monoisotopic (exact) mass is 241 g/mol. The molecule has 5 nitrogen and oxygen atoms in total. The number of nitrogens with zero attached hydrogens (tertiary/aromatic N) is 2. The van der Waals surface area contributed by atoms with E-state index in [4.69, 9.17) is 0 Å². The van der Waals surface area contributed by atoms with Gasteiger partial charge in [-0.05, 0) is 26.2 Å². The summed E-state index contributed by atoms with van der Waals surface area (Å²) < 4.78 is 18.0. The second kappa shape index (κ2) is 5.16. The van der Waals surface area contributed by atoms with Crippen LogP contribution in [0.25, 0.3) is 0 Å². The fourth-order valence-corrected chi connectivity index (χ4v) is 2.15. The van der Waals surface area contributed by atoms with Gasteiger partial charge in [-0.25, -0.2) is 9.18 Å². The molecule has 1 aliphatic rings. The number of carbonyl (C=O) groups excluding carboxylic acids is 1. The van der Waals surface area contributed by atoms with Crippen LogP contribution in [0.2, 0.25) is 0 Å². The van der Waals surface area contributed by atoms with Crippen LogP contribution in [0.1, 0.15) is 26.2 Å². The number of piperidine rings is 1. The molecule has 1 aliphatic heterocycles. The Bertz CT molecular complexity index is 367. The van der Waals surface area contributed by atoms with E-state index in [2.05, 4.69) is 15.0 Å². The zero-order valence-corrected chi connectivity index (χ0v) is 9.73. The minimum absolute atomic E-state index is 0.312. The third-order valence-corrected chi connectivity index (χ3v) is 3.01. The van der Waals surface area contributed by atoms with E-state index in [0.717, 1.165) is 12.8 Å². The lowest BCUT2D eigenvalue weighted by molar-refractivity contribution is 0.111. The first kappa shape index (κ1) is 11.9. The number of halogens is 1. The van der Waals surface area contributed by atoms with E-state index in [1.165, 1.54) is 13.2 Å². The highest BCUT2D eigenvalue weighted by molar-refractivity contribution is 5.88. The summed E-state index contributed by atoms with van der Waals surface area (Å²) in [7, 11) is 0. The molecule has 0 bridgehead atoms. The molecule has 6 heteroatoms. The van der Waals surface area contributed by atoms with Gasteiger partial charge in [0.25, 0.3) is 0 Å². The van der Waals surface area contributed by atoms with Crippen LogP contribution in [0, 0.1) is 0 Å². The molecule has 1 aromatic heterocycles. The van der Waals surface area contributed by atoms with Gasteiger partial charge < -0.3 is 9.42 Å². The van der Waals surface area contributed by atoms with E-state index in [-0.39, 0.29) is 12.1 Å². The molecular weight excluding hydrogens is 225 g/mol. The van der Waals surface area contributed by atoms with Gasteiger partial charge in [0.2, 0.25) is 0 Å². The quantitative estimate of drug-likeness (QED) is 0.865. The van der Waals surface area contributed by atoms with Gasteiger partial charge in [-0.15, -0.1) is 0 Å². The Morgan fingerprint density at radius 1 is 1.71 bits per heavy atom. The Kier molecular flexibility index (Phi) is 3.61. The SMILES string of the molecule is CC(F)C1CCCCN1C(=O)Nc1ccon1. The van der Waals surface area contributed by atoms with Crippen LogP contribution in [0.15, 0.2) is 16.9 Å². The van der Waals surface area contributed by atoms with Crippen molar-refractivity contribution in [1.29, 1.82) is 0 Å². The summed E-state index contributed by atoms with van der Waals surface area (Å²) >= 11 is 0. The van der Waals surface area contributed by atoms with Crippen LogP contribution in [0.5, 0.6) is 0 Å². The van der Waals surface area contributed by atoms with Crippen LogP contribution in [0.3, 0.4) is 0 Å². The predicted octanol–water partition coefficient (Wildman–Crippen LogP) is 2.42. The number of aromatic nitrogens is 1. The highest BCUT2D eigenvalue weighted by Gasteiger charge is 2.31. The molecule has 0 radical (unpaired) electrons. The van der Waals surface area contributed by atoms with Crippen LogP contribution in [0.4, 0.5) is 15.0 Å². The molecule has 94 valence electrons. The summed E-state index contributed by atoms with van der Waals surface area (Å²) in [5, 5.41) is 6.19. The number of hydrogen-bond acceptors (Lipinski definition) is 3. The van der Waals surface area contributed by atoms with Crippen molar-refractivity contribution in [2.24, 2.45) is 0 Å². The van der Waals surface area contributed by atoms with E-state index in [9.17, 15) is 9.18 Å². The largest absolute Gasteiger partial charge is 0.363 e. The van der Waals surface area contributed by atoms with E-state index < -0.39 is 6.17 Å². The molecule has 2 unspecified atom stereocenters. The molecule has 2 atom stereocenters. The van der Waals surface area contributed by atoms with Crippen molar-refractivity contribution >= 4 is 11.8 Å². The second-order valence-corrected chi connectivity index (χ2v) is 4.25. The van der Waals surface area contributed by atoms with Crippen LogP contribution >= 0.6 is 0 Å². The third kappa shape index (κ3) is 2.75. The fraction of sp³-hybridized carbons (Fsp3) is 0.636. The van der Waals surface area contributed by atoms with Crippen molar-refractivity contribution in [2.75, 3.05) is 11.9 Å². The summed E-state index contributed by atoms with van der Waals surface area (Å²) in [6.45, 7) is 2.08. The van der Waals surface area contributed by atoms with Crippen molar-refractivity contribution in [3.63, 3.8) is 0 Å². The zero-order chi connectivity index (χ0) is 12.3. The highest BCUT2D eigenvalue weighted by atomic mass is 19.1. The van der Waals surface area contributed by atoms with Crippen molar-refractivity contribution in [3.05, 3.63) is 12.3 Å². The Balaban J connectivity index is 2.01. The lowest BCUT2D eigenvalue weighted by Crippen LogP contribution is -2.49. The normalized spacial score (nSPS) is 22.2. The topological polar surface area (TPSA) is 58.4 Å². The molecule has 0 spiro atoms. The Hall–Kier alpha value is -1.59. The number of urea groups is 1. The number of likely N-dealkylation sites (tertiary alicyclic amines) is 1. The maximum atomic E-state index is 13.4. The number of hydrogen-bond donors (Lipinski definition) is 1.